The molecule has 1 aliphatic heterocycles. The lowest BCUT2D eigenvalue weighted by Crippen LogP contribution is -2.63. The molecule has 2 aromatic heterocycles. The first-order chi connectivity index (χ1) is 16.9. The molecule has 3 heterocycles. The van der Waals surface area contributed by atoms with E-state index in [1.54, 1.807) is 36.4 Å². The molecule has 1 aliphatic rings. The van der Waals surface area contributed by atoms with Crippen molar-refractivity contribution in [1.82, 2.24) is 9.88 Å². The molecule has 0 aliphatic carbocycles. The lowest BCUT2D eigenvalue weighted by atomic mass is 9.65. The van der Waals surface area contributed by atoms with Crippen LogP contribution in [0.15, 0.2) is 60.8 Å². The number of aromatic nitrogens is 1. The van der Waals surface area contributed by atoms with Gasteiger partial charge in [-0.15, -0.1) is 11.3 Å². The zero-order valence-corrected chi connectivity index (χ0v) is 21.9. The Labute approximate surface area is 214 Å². The van der Waals surface area contributed by atoms with Crippen molar-refractivity contribution in [2.75, 3.05) is 18.4 Å². The first-order valence-electron chi connectivity index (χ1n) is 12.2. The van der Waals surface area contributed by atoms with Gasteiger partial charge in [0, 0.05) is 40.0 Å². The topological polar surface area (TPSA) is 28.2 Å². The molecule has 0 amide bonds. The Hall–Kier alpha value is -2.45. The molecule has 3 aromatic rings. The van der Waals surface area contributed by atoms with E-state index in [0.717, 1.165) is 27.5 Å². The number of alkyl halides is 3. The van der Waals surface area contributed by atoms with Gasteiger partial charge in [0.25, 0.3) is 0 Å². The molecule has 2 atom stereocenters. The van der Waals surface area contributed by atoms with E-state index in [2.05, 4.69) is 15.2 Å². The lowest BCUT2D eigenvalue weighted by molar-refractivity contribution is -0.207. The smallest absolute Gasteiger partial charge is 0.371 e. The first kappa shape index (κ1) is 26.6. The van der Waals surface area contributed by atoms with Gasteiger partial charge < -0.3 is 5.32 Å². The average molecular weight is 520 g/mol. The number of aryl methyl sites for hydroxylation is 2. The molecule has 0 radical (unpaired) electrons. The van der Waals surface area contributed by atoms with Crippen molar-refractivity contribution in [2.45, 2.75) is 64.2 Å². The van der Waals surface area contributed by atoms with Crippen LogP contribution < -0.4 is 5.32 Å². The highest BCUT2D eigenvalue weighted by molar-refractivity contribution is 7.10. The van der Waals surface area contributed by atoms with Crippen molar-refractivity contribution in [1.29, 1.82) is 0 Å². The molecule has 1 aromatic carbocycles. The molecule has 0 saturated carbocycles. The van der Waals surface area contributed by atoms with E-state index in [0.29, 0.717) is 25.1 Å². The zero-order chi connectivity index (χ0) is 26.2. The molecule has 4 rings (SSSR count). The minimum Gasteiger partial charge on any atom is -0.371 e. The van der Waals surface area contributed by atoms with Crippen molar-refractivity contribution >= 4 is 17.0 Å². The molecule has 1 fully saturated rings. The summed E-state index contributed by atoms with van der Waals surface area (Å²) in [4.78, 5) is 7.33. The summed E-state index contributed by atoms with van der Waals surface area (Å²) >= 11 is 1.01. The molecular formula is C28H33F4N3S. The third-order valence-corrected chi connectivity index (χ3v) is 8.97. The molecule has 1 N–H and O–H groups in total. The van der Waals surface area contributed by atoms with Crippen LogP contribution in [0.1, 0.15) is 49.7 Å². The second-order valence-electron chi connectivity index (χ2n) is 10.5. The fourth-order valence-corrected chi connectivity index (χ4v) is 6.11. The molecule has 2 unspecified atom stereocenters. The van der Waals surface area contributed by atoms with Crippen LogP contribution in [0.2, 0.25) is 0 Å². The van der Waals surface area contributed by atoms with Crippen LogP contribution >= 0.6 is 11.3 Å². The van der Waals surface area contributed by atoms with E-state index < -0.39 is 22.7 Å². The van der Waals surface area contributed by atoms with Gasteiger partial charge in [-0.05, 0) is 89.4 Å². The summed E-state index contributed by atoms with van der Waals surface area (Å²) in [6, 6.07) is 15.6. The summed E-state index contributed by atoms with van der Waals surface area (Å²) in [5, 5.41) is 2.59. The van der Waals surface area contributed by atoms with E-state index in [4.69, 9.17) is 0 Å². The Balaban J connectivity index is 1.73. The Bertz CT molecular complexity index is 1160. The van der Waals surface area contributed by atoms with Gasteiger partial charge in [0.1, 0.15) is 5.54 Å². The normalized spacial score (nSPS) is 20.9. The number of rotatable bonds is 8. The Morgan fingerprint density at radius 3 is 2.33 bits per heavy atom. The second-order valence-corrected chi connectivity index (χ2v) is 11.6. The van der Waals surface area contributed by atoms with Crippen LogP contribution in [-0.2, 0) is 12.0 Å². The van der Waals surface area contributed by atoms with Crippen molar-refractivity contribution < 1.29 is 17.6 Å². The van der Waals surface area contributed by atoms with Gasteiger partial charge in [-0.3, -0.25) is 9.88 Å². The zero-order valence-electron chi connectivity index (χ0n) is 21.1. The minimum absolute atomic E-state index is 0.248. The van der Waals surface area contributed by atoms with Crippen LogP contribution in [-0.4, -0.2) is 34.7 Å². The highest BCUT2D eigenvalue weighted by Gasteiger charge is 2.65. The number of para-hydroxylation sites is 1. The predicted molar refractivity (Wildman–Crippen MR) is 138 cm³/mol. The summed E-state index contributed by atoms with van der Waals surface area (Å²) in [5.41, 5.74) is -1.56. The van der Waals surface area contributed by atoms with Gasteiger partial charge in [-0.2, -0.15) is 17.6 Å². The number of nitrogens with one attached hydrogen (secondary N) is 1. The average Bonchev–Trinajstić information content (AvgIpc) is 3.45. The monoisotopic (exact) mass is 519 g/mol. The van der Waals surface area contributed by atoms with Crippen LogP contribution in [0.3, 0.4) is 0 Å². The number of halogens is 4. The summed E-state index contributed by atoms with van der Waals surface area (Å²) in [6.45, 7) is 8.05. The van der Waals surface area contributed by atoms with E-state index in [-0.39, 0.29) is 18.1 Å². The third kappa shape index (κ3) is 5.02. The number of benzene rings is 1. The van der Waals surface area contributed by atoms with Gasteiger partial charge in [-0.1, -0.05) is 24.3 Å². The summed E-state index contributed by atoms with van der Waals surface area (Å²) < 4.78 is 58.9. The van der Waals surface area contributed by atoms with Gasteiger partial charge in [-0.25, -0.2) is 0 Å². The molecule has 3 nitrogen and oxygen atoms in total. The summed E-state index contributed by atoms with van der Waals surface area (Å²) in [5.74, 6) is 0. The number of hydrogen-bond acceptors (Lipinski definition) is 4. The first-order valence-corrected chi connectivity index (χ1v) is 13.0. The maximum Gasteiger partial charge on any atom is 0.411 e. The van der Waals surface area contributed by atoms with E-state index in [1.165, 1.54) is 13.0 Å². The largest absolute Gasteiger partial charge is 0.411 e. The highest BCUT2D eigenvalue weighted by atomic mass is 32.1. The minimum atomic E-state index is -4.52. The van der Waals surface area contributed by atoms with Gasteiger partial charge in [0.2, 0.25) is 0 Å². The van der Waals surface area contributed by atoms with Gasteiger partial charge in [0.15, 0.2) is 5.13 Å². The maximum absolute atomic E-state index is 15.1. The van der Waals surface area contributed by atoms with Crippen molar-refractivity contribution in [3.63, 3.8) is 0 Å². The Kier molecular flexibility index (Phi) is 7.23. The number of likely N-dealkylation sites (tertiary alicyclic amines) is 1. The van der Waals surface area contributed by atoms with E-state index >= 15 is 13.2 Å². The van der Waals surface area contributed by atoms with Crippen LogP contribution in [0.5, 0.6) is 0 Å². The number of anilines is 1. The molecule has 194 valence electrons. The van der Waals surface area contributed by atoms with Gasteiger partial charge >= 0.3 is 6.18 Å². The predicted octanol–water partition coefficient (Wildman–Crippen LogP) is 7.58. The summed E-state index contributed by atoms with van der Waals surface area (Å²) in [6.07, 6.45) is -1.68. The molecular weight excluding hydrogens is 486 g/mol. The number of hydrogen-bond donors (Lipinski definition) is 1. The van der Waals surface area contributed by atoms with Crippen LogP contribution in [0.4, 0.5) is 23.2 Å². The Morgan fingerprint density at radius 2 is 1.75 bits per heavy atom. The standard InChI is InChI=1S/C28H33F4N3S/c1-20-10-11-21(18-33-20)25(2,3)35-17-16-27(19-35,15-14-23-12-13-24(29)36-23)26(4,28(30,31)32)34-22-8-6-5-7-9-22/h5-13,18,34H,14-17,19H2,1-4H3. The van der Waals surface area contributed by atoms with Crippen molar-refractivity contribution in [3.8, 4) is 0 Å². The van der Waals surface area contributed by atoms with E-state index in [1.807, 2.05) is 39.1 Å². The SMILES string of the molecule is Cc1ccc(C(C)(C)N2CCC(CCc3ccc(F)s3)(C(C)(Nc3ccccc3)C(F)(F)F)C2)cn1. The molecule has 8 heteroatoms. The lowest BCUT2D eigenvalue weighted by Gasteiger charge is -2.49. The fraction of sp³-hybridized carbons (Fsp3) is 0.464. The van der Waals surface area contributed by atoms with Crippen molar-refractivity contribution in [3.05, 3.63) is 82.1 Å². The highest BCUT2D eigenvalue weighted by Crippen LogP contribution is 2.55. The molecule has 36 heavy (non-hydrogen) atoms. The molecule has 1 saturated heterocycles. The number of nitrogens with zero attached hydrogens (tertiary/aromatic N) is 2. The third-order valence-electron chi connectivity index (χ3n) is 8.04. The Morgan fingerprint density at radius 1 is 1.03 bits per heavy atom. The molecule has 0 bridgehead atoms. The maximum atomic E-state index is 15.1. The number of thiophene rings is 1. The summed E-state index contributed by atoms with van der Waals surface area (Å²) in [7, 11) is 0. The van der Waals surface area contributed by atoms with Gasteiger partial charge in [0.05, 0.1) is 0 Å². The van der Waals surface area contributed by atoms with Crippen LogP contribution in [0.25, 0.3) is 0 Å². The van der Waals surface area contributed by atoms with Crippen molar-refractivity contribution in [2.24, 2.45) is 5.41 Å². The quantitative estimate of drug-likeness (QED) is 0.311. The fourth-order valence-electron chi connectivity index (χ4n) is 5.39. The number of pyridine rings is 1. The van der Waals surface area contributed by atoms with Crippen LogP contribution in [0, 0.1) is 17.5 Å². The molecule has 0 spiro atoms. The second kappa shape index (κ2) is 9.78. The van der Waals surface area contributed by atoms with E-state index in [9.17, 15) is 4.39 Å².